The van der Waals surface area contributed by atoms with Crippen LogP contribution < -0.4 is 11.5 Å². The van der Waals surface area contributed by atoms with Crippen molar-refractivity contribution in [3.05, 3.63) is 29.8 Å². The average Bonchev–Trinajstić information content (AvgIpc) is 2.52. The fourth-order valence-corrected chi connectivity index (χ4v) is 2.98. The smallest absolute Gasteiger partial charge is 0.233 e. The topological polar surface area (TPSA) is 111 Å². The lowest BCUT2D eigenvalue weighted by molar-refractivity contribution is -0.127. The molecular weight excluding hydrogens is 332 g/mol. The van der Waals surface area contributed by atoms with E-state index in [1.165, 1.54) is 16.7 Å². The van der Waals surface area contributed by atoms with Gasteiger partial charge in [-0.1, -0.05) is 23.9 Å². The molecule has 7 nitrogen and oxygen atoms in total. The molecule has 9 heteroatoms. The lowest BCUT2D eigenvalue weighted by atomic mass is 10.2. The Balaban J connectivity index is 1.89. The van der Waals surface area contributed by atoms with E-state index in [0.29, 0.717) is 11.7 Å². The Morgan fingerprint density at radius 2 is 1.74 bits per heavy atom. The number of anilines is 2. The van der Waals surface area contributed by atoms with Gasteiger partial charge < -0.3 is 16.4 Å². The summed E-state index contributed by atoms with van der Waals surface area (Å²) in [5.74, 6) is 0.285. The van der Waals surface area contributed by atoms with Gasteiger partial charge >= 0.3 is 0 Å². The molecule has 0 atom stereocenters. The molecule has 0 radical (unpaired) electrons. The van der Waals surface area contributed by atoms with Crippen molar-refractivity contribution < 1.29 is 4.79 Å². The quantitative estimate of drug-likeness (QED) is 0.754. The first-order chi connectivity index (χ1) is 11.0. The van der Waals surface area contributed by atoms with E-state index in [0.717, 1.165) is 5.56 Å². The van der Waals surface area contributed by atoms with Gasteiger partial charge in [0.2, 0.25) is 17.8 Å². The molecule has 4 N–H and O–H groups in total. The number of nitrogens with two attached hydrogens (primary N) is 2. The van der Waals surface area contributed by atoms with E-state index >= 15 is 0 Å². The molecule has 0 saturated carbocycles. The number of hydrogen-bond acceptors (Lipinski definition) is 8. The molecule has 1 aromatic carbocycles. The van der Waals surface area contributed by atoms with Crippen LogP contribution in [0.15, 0.2) is 34.3 Å². The van der Waals surface area contributed by atoms with Crippen molar-refractivity contribution in [2.45, 2.75) is 16.6 Å². The number of rotatable bonds is 6. The van der Waals surface area contributed by atoms with Crippen LogP contribution in [0.3, 0.4) is 0 Å². The van der Waals surface area contributed by atoms with Crippen molar-refractivity contribution in [2.75, 3.05) is 30.5 Å². The second-order valence-electron chi connectivity index (χ2n) is 4.72. The summed E-state index contributed by atoms with van der Waals surface area (Å²) in [4.78, 5) is 26.6. The van der Waals surface area contributed by atoms with Crippen LogP contribution in [0, 0.1) is 0 Å². The van der Waals surface area contributed by atoms with Crippen molar-refractivity contribution in [1.29, 1.82) is 0 Å². The highest BCUT2D eigenvalue weighted by atomic mass is 32.2. The van der Waals surface area contributed by atoms with Crippen LogP contribution >= 0.6 is 23.5 Å². The molecule has 122 valence electrons. The van der Waals surface area contributed by atoms with E-state index < -0.39 is 0 Å². The Labute approximate surface area is 143 Å². The summed E-state index contributed by atoms with van der Waals surface area (Å²) in [6, 6.07) is 8.14. The summed E-state index contributed by atoms with van der Waals surface area (Å²) in [6.07, 6.45) is 2.03. The lowest BCUT2D eigenvalue weighted by Crippen LogP contribution is -2.27. The average molecular weight is 350 g/mol. The first-order valence-electron chi connectivity index (χ1n) is 6.74. The molecule has 1 aromatic heterocycles. The molecule has 0 unspecified atom stereocenters. The molecule has 0 aliphatic rings. The fourth-order valence-electron chi connectivity index (χ4n) is 1.78. The number of carbonyl (C=O) groups is 1. The number of hydrogen-bond donors (Lipinski definition) is 2. The van der Waals surface area contributed by atoms with Gasteiger partial charge in [0.1, 0.15) is 0 Å². The summed E-state index contributed by atoms with van der Waals surface area (Å²) in [5, 5.41) is 0.348. The molecule has 1 amide bonds. The highest BCUT2D eigenvalue weighted by Gasteiger charge is 2.12. The predicted octanol–water partition coefficient (Wildman–Crippen LogP) is 1.51. The van der Waals surface area contributed by atoms with E-state index in [1.807, 2.05) is 30.5 Å². The van der Waals surface area contributed by atoms with Crippen molar-refractivity contribution in [3.8, 4) is 0 Å². The Morgan fingerprint density at radius 1 is 1.13 bits per heavy atom. The van der Waals surface area contributed by atoms with Gasteiger partial charge in [0.15, 0.2) is 5.16 Å². The zero-order valence-corrected chi connectivity index (χ0v) is 14.5. The molecular formula is C14H18N6OS2. The third kappa shape index (κ3) is 5.29. The van der Waals surface area contributed by atoms with Gasteiger partial charge in [-0.05, 0) is 24.0 Å². The van der Waals surface area contributed by atoms with Crippen LogP contribution in [0.2, 0.25) is 0 Å². The van der Waals surface area contributed by atoms with Gasteiger partial charge in [0.25, 0.3) is 0 Å². The Morgan fingerprint density at radius 3 is 2.30 bits per heavy atom. The highest BCUT2D eigenvalue weighted by molar-refractivity contribution is 7.99. The molecule has 0 aliphatic heterocycles. The number of benzene rings is 1. The summed E-state index contributed by atoms with van der Waals surface area (Å²) >= 11 is 2.87. The molecule has 1 heterocycles. The normalized spacial score (nSPS) is 10.5. The molecule has 0 spiro atoms. The van der Waals surface area contributed by atoms with E-state index in [2.05, 4.69) is 15.0 Å². The second-order valence-corrected chi connectivity index (χ2v) is 6.54. The summed E-state index contributed by atoms with van der Waals surface area (Å²) in [6.45, 7) is 0.551. The summed E-state index contributed by atoms with van der Waals surface area (Å²) < 4.78 is 0. The van der Waals surface area contributed by atoms with E-state index in [9.17, 15) is 4.79 Å². The lowest BCUT2D eigenvalue weighted by Gasteiger charge is -2.17. The van der Waals surface area contributed by atoms with Gasteiger partial charge in [-0.2, -0.15) is 15.0 Å². The van der Waals surface area contributed by atoms with Crippen LogP contribution in [0.4, 0.5) is 11.9 Å². The monoisotopic (exact) mass is 350 g/mol. The summed E-state index contributed by atoms with van der Waals surface area (Å²) in [7, 11) is 1.77. The van der Waals surface area contributed by atoms with Gasteiger partial charge in [-0.3, -0.25) is 4.79 Å². The second kappa shape index (κ2) is 8.02. The van der Waals surface area contributed by atoms with Gasteiger partial charge in [-0.15, -0.1) is 11.8 Å². The Bertz CT molecular complexity index is 659. The minimum atomic E-state index is -0.0264. The van der Waals surface area contributed by atoms with Crippen molar-refractivity contribution >= 4 is 41.3 Å². The number of nitrogen functional groups attached to an aromatic ring is 2. The molecule has 0 saturated heterocycles. The number of aromatic nitrogens is 3. The van der Waals surface area contributed by atoms with Gasteiger partial charge in [0.05, 0.1) is 5.75 Å². The molecule has 2 rings (SSSR count). The van der Waals surface area contributed by atoms with E-state index in [-0.39, 0.29) is 23.6 Å². The maximum atomic E-state index is 12.2. The number of thioether (sulfide) groups is 2. The zero-order chi connectivity index (χ0) is 16.8. The first-order valence-corrected chi connectivity index (χ1v) is 8.95. The standard InChI is InChI=1S/C14H18N6OS2/c1-20(7-9-3-5-10(22-2)6-4-9)11(21)8-23-14-18-12(15)17-13(16)19-14/h3-6H,7-8H2,1-2H3,(H4,15,16,17,18,19). The minimum Gasteiger partial charge on any atom is -0.368 e. The number of carbonyl (C=O) groups excluding carboxylic acids is 1. The molecule has 0 aliphatic carbocycles. The Kier molecular flexibility index (Phi) is 6.05. The van der Waals surface area contributed by atoms with Crippen LogP contribution in [-0.4, -0.2) is 44.8 Å². The van der Waals surface area contributed by atoms with Crippen molar-refractivity contribution in [2.24, 2.45) is 0 Å². The largest absolute Gasteiger partial charge is 0.368 e. The molecule has 0 bridgehead atoms. The molecule has 2 aromatic rings. The summed E-state index contributed by atoms with van der Waals surface area (Å²) in [5.41, 5.74) is 12.1. The van der Waals surface area contributed by atoms with Crippen LogP contribution in [0.5, 0.6) is 0 Å². The van der Waals surface area contributed by atoms with Crippen molar-refractivity contribution in [3.63, 3.8) is 0 Å². The van der Waals surface area contributed by atoms with Crippen LogP contribution in [0.1, 0.15) is 5.56 Å². The van der Waals surface area contributed by atoms with Crippen molar-refractivity contribution in [1.82, 2.24) is 19.9 Å². The highest BCUT2D eigenvalue weighted by Crippen LogP contribution is 2.17. The third-order valence-electron chi connectivity index (χ3n) is 2.98. The SMILES string of the molecule is CSc1ccc(CN(C)C(=O)CSc2nc(N)nc(N)n2)cc1. The minimum absolute atomic E-state index is 0.0264. The van der Waals surface area contributed by atoms with Crippen LogP contribution in [0.25, 0.3) is 0 Å². The van der Waals surface area contributed by atoms with Crippen LogP contribution in [-0.2, 0) is 11.3 Å². The Hall–Kier alpha value is -2.00. The van der Waals surface area contributed by atoms with Gasteiger partial charge in [-0.25, -0.2) is 0 Å². The zero-order valence-electron chi connectivity index (χ0n) is 12.9. The predicted molar refractivity (Wildman–Crippen MR) is 94.1 cm³/mol. The van der Waals surface area contributed by atoms with E-state index in [1.54, 1.807) is 23.7 Å². The van der Waals surface area contributed by atoms with Gasteiger partial charge in [0, 0.05) is 18.5 Å². The maximum Gasteiger partial charge on any atom is 0.233 e. The number of amides is 1. The molecule has 0 fully saturated rings. The maximum absolute atomic E-state index is 12.2. The third-order valence-corrected chi connectivity index (χ3v) is 4.55. The fraction of sp³-hybridized carbons (Fsp3) is 0.286. The first kappa shape index (κ1) is 17.4. The van der Waals surface area contributed by atoms with E-state index in [4.69, 9.17) is 11.5 Å². The number of nitrogens with zero attached hydrogens (tertiary/aromatic N) is 4. The molecule has 23 heavy (non-hydrogen) atoms.